The fourth-order valence-corrected chi connectivity index (χ4v) is 1.11. The van der Waals surface area contributed by atoms with E-state index in [1.807, 2.05) is 0 Å². The summed E-state index contributed by atoms with van der Waals surface area (Å²) in [4.78, 5) is 10.1. The van der Waals surface area contributed by atoms with Crippen LogP contribution in [0.5, 0.6) is 11.5 Å². The third-order valence-electron chi connectivity index (χ3n) is 1.73. The Balaban J connectivity index is 3.42. The summed E-state index contributed by atoms with van der Waals surface area (Å²) in [6.45, 7) is 0. The first-order chi connectivity index (χ1) is 6.61. The SMILES string of the molecule is COc1ccc(N)c([N+](=O)[O-])c1OC. The number of rotatable bonds is 3. The lowest BCUT2D eigenvalue weighted by atomic mass is 10.2. The fourth-order valence-electron chi connectivity index (χ4n) is 1.11. The number of nitro benzene ring substituents is 1. The zero-order valence-electron chi connectivity index (χ0n) is 7.81. The monoisotopic (exact) mass is 198 g/mol. The Kier molecular flexibility index (Phi) is 2.76. The summed E-state index contributed by atoms with van der Waals surface area (Å²) in [5, 5.41) is 10.7. The van der Waals surface area contributed by atoms with Gasteiger partial charge in [0, 0.05) is 0 Å². The van der Waals surface area contributed by atoms with Crippen molar-refractivity contribution in [2.45, 2.75) is 0 Å². The first kappa shape index (κ1) is 10.1. The van der Waals surface area contributed by atoms with Crippen LogP contribution in [0.3, 0.4) is 0 Å². The van der Waals surface area contributed by atoms with Crippen molar-refractivity contribution < 1.29 is 14.4 Å². The molecule has 0 fully saturated rings. The predicted molar refractivity (Wildman–Crippen MR) is 50.6 cm³/mol. The van der Waals surface area contributed by atoms with Gasteiger partial charge in [0.05, 0.1) is 19.1 Å². The van der Waals surface area contributed by atoms with Gasteiger partial charge in [-0.1, -0.05) is 0 Å². The van der Waals surface area contributed by atoms with Crippen LogP contribution in [0.2, 0.25) is 0 Å². The van der Waals surface area contributed by atoms with Gasteiger partial charge in [0.2, 0.25) is 5.75 Å². The van der Waals surface area contributed by atoms with E-state index < -0.39 is 4.92 Å². The Morgan fingerprint density at radius 2 is 2.00 bits per heavy atom. The number of nitrogen functional groups attached to an aromatic ring is 1. The average molecular weight is 198 g/mol. The Hall–Kier alpha value is -1.98. The number of benzene rings is 1. The molecule has 1 aromatic rings. The molecule has 76 valence electrons. The maximum atomic E-state index is 10.7. The highest BCUT2D eigenvalue weighted by Crippen LogP contribution is 2.40. The van der Waals surface area contributed by atoms with Gasteiger partial charge in [-0.25, -0.2) is 0 Å². The number of nitrogens with two attached hydrogens (primary N) is 1. The van der Waals surface area contributed by atoms with Gasteiger partial charge in [-0.15, -0.1) is 0 Å². The molecule has 0 atom stereocenters. The van der Waals surface area contributed by atoms with Crippen LogP contribution < -0.4 is 15.2 Å². The zero-order valence-corrected chi connectivity index (χ0v) is 7.81. The molecular formula is C8H10N2O4. The van der Waals surface area contributed by atoms with Crippen LogP contribution in [-0.2, 0) is 0 Å². The minimum atomic E-state index is -0.601. The van der Waals surface area contributed by atoms with E-state index in [0.29, 0.717) is 0 Å². The van der Waals surface area contributed by atoms with Crippen LogP contribution in [0.15, 0.2) is 12.1 Å². The molecule has 6 nitrogen and oxygen atoms in total. The molecule has 2 N–H and O–H groups in total. The number of hydrogen-bond acceptors (Lipinski definition) is 5. The van der Waals surface area contributed by atoms with Crippen molar-refractivity contribution >= 4 is 11.4 Å². The quantitative estimate of drug-likeness (QED) is 0.447. The van der Waals surface area contributed by atoms with Crippen molar-refractivity contribution in [3.8, 4) is 11.5 Å². The van der Waals surface area contributed by atoms with Crippen LogP contribution in [0, 0.1) is 10.1 Å². The second-order valence-electron chi connectivity index (χ2n) is 2.50. The van der Waals surface area contributed by atoms with E-state index in [9.17, 15) is 10.1 Å². The molecular weight excluding hydrogens is 188 g/mol. The lowest BCUT2D eigenvalue weighted by Crippen LogP contribution is -2.00. The van der Waals surface area contributed by atoms with Gasteiger partial charge in [0.15, 0.2) is 5.75 Å². The molecule has 1 rings (SSSR count). The van der Waals surface area contributed by atoms with Gasteiger partial charge in [-0.2, -0.15) is 0 Å². The number of ether oxygens (including phenoxy) is 2. The van der Waals surface area contributed by atoms with Crippen LogP contribution in [0.25, 0.3) is 0 Å². The van der Waals surface area contributed by atoms with Crippen molar-refractivity contribution in [2.24, 2.45) is 0 Å². The summed E-state index contributed by atoms with van der Waals surface area (Å²) in [6.07, 6.45) is 0. The van der Waals surface area contributed by atoms with Crippen LogP contribution in [0.1, 0.15) is 0 Å². The summed E-state index contributed by atoms with van der Waals surface area (Å²) in [5.74, 6) is 0.325. The summed E-state index contributed by atoms with van der Waals surface area (Å²) in [7, 11) is 2.72. The third-order valence-corrected chi connectivity index (χ3v) is 1.73. The molecule has 0 spiro atoms. The Labute approximate surface area is 80.4 Å². The van der Waals surface area contributed by atoms with Crippen LogP contribution in [0.4, 0.5) is 11.4 Å². The number of nitro groups is 1. The zero-order chi connectivity index (χ0) is 10.7. The number of methoxy groups -OCH3 is 2. The average Bonchev–Trinajstić information content (AvgIpc) is 2.16. The Morgan fingerprint density at radius 1 is 1.36 bits per heavy atom. The summed E-state index contributed by atoms with van der Waals surface area (Å²) in [5.41, 5.74) is 5.22. The van der Waals surface area contributed by atoms with Gasteiger partial charge in [0.25, 0.3) is 0 Å². The number of hydrogen-bond donors (Lipinski definition) is 1. The number of anilines is 1. The normalized spacial score (nSPS) is 9.57. The smallest absolute Gasteiger partial charge is 0.337 e. The largest absolute Gasteiger partial charge is 0.493 e. The molecule has 0 aliphatic heterocycles. The van der Waals surface area contributed by atoms with E-state index in [4.69, 9.17) is 15.2 Å². The standard InChI is InChI=1S/C8H10N2O4/c1-13-6-4-3-5(9)7(10(11)12)8(6)14-2/h3-4H,9H2,1-2H3. The van der Waals surface area contributed by atoms with E-state index in [1.54, 1.807) is 0 Å². The molecule has 0 radical (unpaired) electrons. The van der Waals surface area contributed by atoms with Gasteiger partial charge in [-0.3, -0.25) is 10.1 Å². The molecule has 0 aromatic heterocycles. The van der Waals surface area contributed by atoms with Crippen molar-refractivity contribution in [3.05, 3.63) is 22.2 Å². The molecule has 14 heavy (non-hydrogen) atoms. The van der Waals surface area contributed by atoms with Crippen molar-refractivity contribution in [3.63, 3.8) is 0 Å². The van der Waals surface area contributed by atoms with Crippen LogP contribution in [-0.4, -0.2) is 19.1 Å². The second-order valence-corrected chi connectivity index (χ2v) is 2.50. The maximum Gasteiger partial charge on any atom is 0.337 e. The molecule has 0 amide bonds. The third kappa shape index (κ3) is 1.54. The van der Waals surface area contributed by atoms with E-state index in [-0.39, 0.29) is 22.9 Å². The highest BCUT2D eigenvalue weighted by Gasteiger charge is 2.23. The molecule has 1 aromatic carbocycles. The Bertz CT molecular complexity index is 365. The Morgan fingerprint density at radius 3 is 2.43 bits per heavy atom. The summed E-state index contributed by atoms with van der Waals surface area (Å²) in [6, 6.07) is 2.92. The van der Waals surface area contributed by atoms with Gasteiger partial charge >= 0.3 is 5.69 Å². The van der Waals surface area contributed by atoms with E-state index in [1.165, 1.54) is 26.4 Å². The lowest BCUT2D eigenvalue weighted by molar-refractivity contribution is -0.384. The molecule has 0 saturated heterocycles. The van der Waals surface area contributed by atoms with Crippen molar-refractivity contribution in [1.29, 1.82) is 0 Å². The van der Waals surface area contributed by atoms with Gasteiger partial charge < -0.3 is 15.2 Å². The first-order valence-corrected chi connectivity index (χ1v) is 3.76. The molecule has 0 aliphatic carbocycles. The van der Waals surface area contributed by atoms with Crippen molar-refractivity contribution in [1.82, 2.24) is 0 Å². The molecule has 6 heteroatoms. The predicted octanol–water partition coefficient (Wildman–Crippen LogP) is 1.19. The molecule has 0 unspecified atom stereocenters. The highest BCUT2D eigenvalue weighted by atomic mass is 16.6. The summed E-state index contributed by atoms with van der Waals surface area (Å²) < 4.78 is 9.76. The maximum absolute atomic E-state index is 10.7. The molecule has 0 aliphatic rings. The molecule has 0 saturated carbocycles. The van der Waals surface area contributed by atoms with E-state index >= 15 is 0 Å². The second kappa shape index (κ2) is 3.82. The van der Waals surface area contributed by atoms with Gasteiger partial charge in [0.1, 0.15) is 5.69 Å². The van der Waals surface area contributed by atoms with E-state index in [0.717, 1.165) is 0 Å². The minimum absolute atomic E-state index is 0.0394. The first-order valence-electron chi connectivity index (χ1n) is 3.76. The summed E-state index contributed by atoms with van der Waals surface area (Å²) >= 11 is 0. The number of nitrogens with zero attached hydrogens (tertiary/aromatic N) is 1. The lowest BCUT2D eigenvalue weighted by Gasteiger charge is -2.08. The fraction of sp³-hybridized carbons (Fsp3) is 0.250. The van der Waals surface area contributed by atoms with Gasteiger partial charge in [-0.05, 0) is 12.1 Å². The minimum Gasteiger partial charge on any atom is -0.493 e. The topological polar surface area (TPSA) is 87.6 Å². The van der Waals surface area contributed by atoms with Crippen molar-refractivity contribution in [2.75, 3.05) is 20.0 Å². The highest BCUT2D eigenvalue weighted by molar-refractivity contribution is 5.70. The molecule has 0 bridgehead atoms. The van der Waals surface area contributed by atoms with E-state index in [2.05, 4.69) is 0 Å². The van der Waals surface area contributed by atoms with Crippen LogP contribution >= 0.6 is 0 Å². The molecule has 0 heterocycles.